The third-order valence-electron chi connectivity index (χ3n) is 4.31. The first-order valence-corrected chi connectivity index (χ1v) is 7.65. The fraction of sp³-hybridized carbons (Fsp3) is 0.625. The van der Waals surface area contributed by atoms with E-state index in [9.17, 15) is 4.39 Å². The van der Waals surface area contributed by atoms with Crippen molar-refractivity contribution in [2.75, 3.05) is 26.2 Å². The zero-order valence-corrected chi connectivity index (χ0v) is 12.1. The highest BCUT2D eigenvalue weighted by atomic mass is 19.1. The van der Waals surface area contributed by atoms with Gasteiger partial charge in [-0.25, -0.2) is 4.39 Å². The lowest BCUT2D eigenvalue weighted by Gasteiger charge is -2.33. The molecule has 0 aromatic heterocycles. The van der Waals surface area contributed by atoms with Gasteiger partial charge in [0.2, 0.25) is 0 Å². The van der Waals surface area contributed by atoms with Crippen LogP contribution in [0, 0.1) is 5.82 Å². The molecule has 3 nitrogen and oxygen atoms in total. The molecule has 4 heteroatoms. The lowest BCUT2D eigenvalue weighted by atomic mass is 10.0. The minimum Gasteiger partial charge on any atom is -0.488 e. The first kappa shape index (κ1) is 13.8. The highest BCUT2D eigenvalue weighted by Gasteiger charge is 2.27. The van der Waals surface area contributed by atoms with Crippen LogP contribution in [0.4, 0.5) is 4.39 Å². The number of nitrogens with zero attached hydrogens (tertiary/aromatic N) is 1. The van der Waals surface area contributed by atoms with Crippen LogP contribution in [0.3, 0.4) is 0 Å². The molecule has 0 amide bonds. The first-order valence-electron chi connectivity index (χ1n) is 7.65. The molecule has 2 aliphatic heterocycles. The van der Waals surface area contributed by atoms with Crippen molar-refractivity contribution in [3.63, 3.8) is 0 Å². The SMILES string of the molecule is CCNC1CCN(CC2Cc3cc(F)ccc3O2)CC1. The molecule has 20 heavy (non-hydrogen) atoms. The number of halogens is 1. The largest absolute Gasteiger partial charge is 0.488 e. The number of hydrogen-bond donors (Lipinski definition) is 1. The number of benzene rings is 1. The Hall–Kier alpha value is -1.13. The van der Waals surface area contributed by atoms with Crippen LogP contribution in [0.15, 0.2) is 18.2 Å². The van der Waals surface area contributed by atoms with Crippen LogP contribution in [0.2, 0.25) is 0 Å². The van der Waals surface area contributed by atoms with Crippen molar-refractivity contribution in [2.24, 2.45) is 0 Å². The summed E-state index contributed by atoms with van der Waals surface area (Å²) < 4.78 is 19.1. The van der Waals surface area contributed by atoms with Crippen molar-refractivity contribution >= 4 is 0 Å². The number of nitrogens with one attached hydrogen (secondary N) is 1. The molecule has 0 bridgehead atoms. The molecule has 1 unspecified atom stereocenters. The normalized spacial score (nSPS) is 23.6. The van der Waals surface area contributed by atoms with Gasteiger partial charge in [-0.1, -0.05) is 6.92 Å². The van der Waals surface area contributed by atoms with Crippen LogP contribution in [0.5, 0.6) is 5.75 Å². The molecule has 3 rings (SSSR count). The topological polar surface area (TPSA) is 24.5 Å². The van der Waals surface area contributed by atoms with E-state index < -0.39 is 0 Å². The molecule has 0 saturated carbocycles. The van der Waals surface area contributed by atoms with Gasteiger partial charge >= 0.3 is 0 Å². The maximum atomic E-state index is 13.2. The van der Waals surface area contributed by atoms with Gasteiger partial charge in [0.1, 0.15) is 17.7 Å². The second-order valence-electron chi connectivity index (χ2n) is 5.83. The summed E-state index contributed by atoms with van der Waals surface area (Å²) in [6, 6.07) is 5.50. The Kier molecular flexibility index (Phi) is 4.22. The van der Waals surface area contributed by atoms with Crippen LogP contribution >= 0.6 is 0 Å². The second kappa shape index (κ2) is 6.10. The number of likely N-dealkylation sites (tertiary alicyclic amines) is 1. The van der Waals surface area contributed by atoms with Crippen molar-refractivity contribution in [3.8, 4) is 5.75 Å². The smallest absolute Gasteiger partial charge is 0.123 e. The fourth-order valence-corrected chi connectivity index (χ4v) is 3.29. The lowest BCUT2D eigenvalue weighted by molar-refractivity contribution is 0.124. The number of piperidine rings is 1. The summed E-state index contributed by atoms with van der Waals surface area (Å²) in [7, 11) is 0. The minimum absolute atomic E-state index is 0.167. The van der Waals surface area contributed by atoms with E-state index in [1.165, 1.54) is 18.9 Å². The summed E-state index contributed by atoms with van der Waals surface area (Å²) in [6.07, 6.45) is 3.44. The van der Waals surface area contributed by atoms with Gasteiger partial charge in [-0.15, -0.1) is 0 Å². The summed E-state index contributed by atoms with van der Waals surface area (Å²) in [5.41, 5.74) is 1.01. The third kappa shape index (κ3) is 3.13. The van der Waals surface area contributed by atoms with E-state index in [1.807, 2.05) is 0 Å². The number of fused-ring (bicyclic) bond motifs is 1. The average molecular weight is 278 g/mol. The molecule has 0 spiro atoms. The second-order valence-corrected chi connectivity index (χ2v) is 5.83. The molecule has 1 N–H and O–H groups in total. The van der Waals surface area contributed by atoms with Gasteiger partial charge in [0.25, 0.3) is 0 Å². The first-order chi connectivity index (χ1) is 9.74. The van der Waals surface area contributed by atoms with Crippen molar-refractivity contribution in [1.82, 2.24) is 10.2 Å². The Morgan fingerprint density at radius 2 is 2.15 bits per heavy atom. The van der Waals surface area contributed by atoms with Crippen LogP contribution in [-0.4, -0.2) is 43.2 Å². The third-order valence-corrected chi connectivity index (χ3v) is 4.31. The standard InChI is InChI=1S/C16H23FN2O/c1-2-18-14-5-7-19(8-6-14)11-15-10-12-9-13(17)3-4-16(12)20-15/h3-4,9,14-15,18H,2,5-8,10-11H2,1H3. The molecule has 1 atom stereocenters. The molecule has 1 saturated heterocycles. The molecule has 110 valence electrons. The van der Waals surface area contributed by atoms with Gasteiger partial charge in [0, 0.05) is 24.6 Å². The predicted octanol–water partition coefficient (Wildman–Crippen LogP) is 2.20. The molecule has 2 heterocycles. The Balaban J connectivity index is 1.49. The maximum absolute atomic E-state index is 13.2. The summed E-state index contributed by atoms with van der Waals surface area (Å²) in [5, 5.41) is 3.52. The van der Waals surface area contributed by atoms with Crippen LogP contribution in [-0.2, 0) is 6.42 Å². The van der Waals surface area contributed by atoms with Crippen LogP contribution in [0.25, 0.3) is 0 Å². The predicted molar refractivity (Wildman–Crippen MR) is 77.7 cm³/mol. The molecule has 0 aliphatic carbocycles. The lowest BCUT2D eigenvalue weighted by Crippen LogP contribution is -2.45. The molecule has 1 aromatic carbocycles. The zero-order valence-electron chi connectivity index (χ0n) is 12.1. The van der Waals surface area contributed by atoms with E-state index in [-0.39, 0.29) is 11.9 Å². The van der Waals surface area contributed by atoms with Gasteiger partial charge in [-0.05, 0) is 50.7 Å². The van der Waals surface area contributed by atoms with E-state index in [1.54, 1.807) is 12.1 Å². The number of hydrogen-bond acceptors (Lipinski definition) is 3. The zero-order chi connectivity index (χ0) is 13.9. The highest BCUT2D eigenvalue weighted by Crippen LogP contribution is 2.29. The van der Waals surface area contributed by atoms with Gasteiger partial charge < -0.3 is 10.1 Å². The molecular formula is C16H23FN2O. The number of ether oxygens (including phenoxy) is 1. The van der Waals surface area contributed by atoms with E-state index in [4.69, 9.17) is 4.74 Å². The van der Waals surface area contributed by atoms with Crippen molar-refractivity contribution < 1.29 is 9.13 Å². The molecule has 1 fully saturated rings. The molecular weight excluding hydrogens is 255 g/mol. The van der Waals surface area contributed by atoms with Gasteiger partial charge in [0.05, 0.1) is 0 Å². The summed E-state index contributed by atoms with van der Waals surface area (Å²) in [4.78, 5) is 2.47. The van der Waals surface area contributed by atoms with E-state index in [0.717, 1.165) is 43.9 Å². The quantitative estimate of drug-likeness (QED) is 0.914. The number of rotatable bonds is 4. The fourth-order valence-electron chi connectivity index (χ4n) is 3.29. The Bertz CT molecular complexity index is 458. The molecule has 1 aromatic rings. The Morgan fingerprint density at radius 1 is 1.35 bits per heavy atom. The summed E-state index contributed by atoms with van der Waals surface area (Å²) in [6.45, 7) is 6.42. The van der Waals surface area contributed by atoms with Crippen molar-refractivity contribution in [2.45, 2.75) is 38.3 Å². The molecule has 0 radical (unpaired) electrons. The monoisotopic (exact) mass is 278 g/mol. The minimum atomic E-state index is -0.167. The molecule has 2 aliphatic rings. The van der Waals surface area contributed by atoms with Crippen molar-refractivity contribution in [1.29, 1.82) is 0 Å². The summed E-state index contributed by atoms with van der Waals surface area (Å²) in [5.74, 6) is 0.693. The van der Waals surface area contributed by atoms with Crippen molar-refractivity contribution in [3.05, 3.63) is 29.6 Å². The average Bonchev–Trinajstić information content (AvgIpc) is 2.82. The highest BCUT2D eigenvalue weighted by molar-refractivity contribution is 5.37. The summed E-state index contributed by atoms with van der Waals surface area (Å²) >= 11 is 0. The van der Waals surface area contributed by atoms with Gasteiger partial charge in [-0.2, -0.15) is 0 Å². The van der Waals surface area contributed by atoms with E-state index in [2.05, 4.69) is 17.1 Å². The maximum Gasteiger partial charge on any atom is 0.123 e. The van der Waals surface area contributed by atoms with E-state index >= 15 is 0 Å². The Labute approximate surface area is 120 Å². The van der Waals surface area contributed by atoms with E-state index in [0.29, 0.717) is 6.04 Å². The van der Waals surface area contributed by atoms with Crippen LogP contribution < -0.4 is 10.1 Å². The Morgan fingerprint density at radius 3 is 2.90 bits per heavy atom. The van der Waals surface area contributed by atoms with Gasteiger partial charge in [-0.3, -0.25) is 4.90 Å². The van der Waals surface area contributed by atoms with Crippen LogP contribution in [0.1, 0.15) is 25.3 Å². The van der Waals surface area contributed by atoms with Gasteiger partial charge in [0.15, 0.2) is 0 Å².